The third-order valence-electron chi connectivity index (χ3n) is 3.14. The van der Waals surface area contributed by atoms with E-state index in [1.54, 1.807) is 19.4 Å². The third kappa shape index (κ3) is 4.06. The number of piperidine rings is 1. The SMILES string of the molecule is COc1ccnc(NC2CCN(CC(N)=O)CC2)n1. The molecule has 7 heteroatoms. The normalized spacial score (nSPS) is 17.1. The zero-order chi connectivity index (χ0) is 13.7. The Kier molecular flexibility index (Phi) is 4.51. The minimum atomic E-state index is -0.275. The van der Waals surface area contributed by atoms with Gasteiger partial charge in [-0.25, -0.2) is 4.98 Å². The number of rotatable bonds is 5. The minimum absolute atomic E-state index is 0.275. The molecule has 104 valence electrons. The number of methoxy groups -OCH3 is 1. The molecule has 2 rings (SSSR count). The summed E-state index contributed by atoms with van der Waals surface area (Å²) in [4.78, 5) is 21.3. The number of likely N-dealkylation sites (tertiary alicyclic amines) is 1. The lowest BCUT2D eigenvalue weighted by atomic mass is 10.1. The Morgan fingerprint density at radius 3 is 2.95 bits per heavy atom. The van der Waals surface area contributed by atoms with Gasteiger partial charge in [0.05, 0.1) is 13.7 Å². The summed E-state index contributed by atoms with van der Waals surface area (Å²) < 4.78 is 5.05. The van der Waals surface area contributed by atoms with E-state index in [0.29, 0.717) is 24.4 Å². The van der Waals surface area contributed by atoms with Crippen LogP contribution in [0.4, 0.5) is 5.95 Å². The number of hydrogen-bond donors (Lipinski definition) is 2. The predicted octanol–water partition coefficient (Wildman–Crippen LogP) is -0.153. The number of nitrogens with two attached hydrogens (primary N) is 1. The van der Waals surface area contributed by atoms with Crippen molar-refractivity contribution >= 4 is 11.9 Å². The van der Waals surface area contributed by atoms with Crippen molar-refractivity contribution in [2.75, 3.05) is 32.1 Å². The Bertz CT molecular complexity index is 432. The number of anilines is 1. The van der Waals surface area contributed by atoms with Gasteiger partial charge in [0.1, 0.15) is 0 Å². The zero-order valence-corrected chi connectivity index (χ0v) is 11.0. The molecule has 1 aromatic rings. The molecule has 0 saturated carbocycles. The maximum Gasteiger partial charge on any atom is 0.231 e. The molecule has 0 atom stereocenters. The number of hydrogen-bond acceptors (Lipinski definition) is 6. The van der Waals surface area contributed by atoms with Crippen LogP contribution in [0.2, 0.25) is 0 Å². The second-order valence-electron chi connectivity index (χ2n) is 4.58. The number of nitrogens with one attached hydrogen (secondary N) is 1. The molecule has 0 unspecified atom stereocenters. The summed E-state index contributed by atoms with van der Waals surface area (Å²) >= 11 is 0. The number of nitrogens with zero attached hydrogens (tertiary/aromatic N) is 3. The number of carbonyl (C=O) groups excluding carboxylic acids is 1. The highest BCUT2D eigenvalue weighted by Crippen LogP contribution is 2.15. The summed E-state index contributed by atoms with van der Waals surface area (Å²) in [5.74, 6) is 0.846. The van der Waals surface area contributed by atoms with Crippen LogP contribution in [0.5, 0.6) is 5.88 Å². The first-order valence-electron chi connectivity index (χ1n) is 6.31. The number of carbonyl (C=O) groups is 1. The molecule has 19 heavy (non-hydrogen) atoms. The first-order chi connectivity index (χ1) is 9.17. The van der Waals surface area contributed by atoms with Crippen LogP contribution in [-0.4, -0.2) is 53.6 Å². The molecule has 0 radical (unpaired) electrons. The van der Waals surface area contributed by atoms with E-state index >= 15 is 0 Å². The number of aromatic nitrogens is 2. The van der Waals surface area contributed by atoms with Crippen LogP contribution in [0.15, 0.2) is 12.3 Å². The van der Waals surface area contributed by atoms with Gasteiger partial charge in [0.25, 0.3) is 0 Å². The van der Waals surface area contributed by atoms with E-state index in [-0.39, 0.29) is 5.91 Å². The van der Waals surface area contributed by atoms with E-state index in [9.17, 15) is 4.79 Å². The van der Waals surface area contributed by atoms with Crippen molar-refractivity contribution in [2.24, 2.45) is 5.73 Å². The van der Waals surface area contributed by atoms with Crippen molar-refractivity contribution in [3.63, 3.8) is 0 Å². The summed E-state index contributed by atoms with van der Waals surface area (Å²) in [6.07, 6.45) is 3.54. The molecule has 1 aliphatic rings. The number of ether oxygens (including phenoxy) is 1. The Morgan fingerprint density at radius 1 is 1.58 bits per heavy atom. The van der Waals surface area contributed by atoms with Gasteiger partial charge in [-0.05, 0) is 12.8 Å². The van der Waals surface area contributed by atoms with Gasteiger partial charge >= 0.3 is 0 Å². The van der Waals surface area contributed by atoms with Crippen molar-refractivity contribution < 1.29 is 9.53 Å². The molecule has 7 nitrogen and oxygen atoms in total. The second kappa shape index (κ2) is 6.33. The van der Waals surface area contributed by atoms with E-state index in [1.807, 2.05) is 0 Å². The monoisotopic (exact) mass is 265 g/mol. The van der Waals surface area contributed by atoms with Gasteiger partial charge in [-0.15, -0.1) is 0 Å². The van der Waals surface area contributed by atoms with Gasteiger partial charge < -0.3 is 15.8 Å². The topological polar surface area (TPSA) is 93.4 Å². The van der Waals surface area contributed by atoms with Gasteiger partial charge in [-0.2, -0.15) is 4.98 Å². The summed E-state index contributed by atoms with van der Waals surface area (Å²) in [5.41, 5.74) is 5.18. The molecule has 2 heterocycles. The Morgan fingerprint density at radius 2 is 2.32 bits per heavy atom. The number of primary amides is 1. The minimum Gasteiger partial charge on any atom is -0.481 e. The van der Waals surface area contributed by atoms with Crippen molar-refractivity contribution in [1.29, 1.82) is 0 Å². The molecular formula is C12H19N5O2. The summed E-state index contributed by atoms with van der Waals surface area (Å²) in [6.45, 7) is 2.04. The average molecular weight is 265 g/mol. The van der Waals surface area contributed by atoms with Gasteiger partial charge in [-0.3, -0.25) is 9.69 Å². The molecule has 1 amide bonds. The molecule has 0 aliphatic carbocycles. The van der Waals surface area contributed by atoms with E-state index in [4.69, 9.17) is 10.5 Å². The Labute approximate surface area is 112 Å². The molecule has 3 N–H and O–H groups in total. The Hall–Kier alpha value is -1.89. The Balaban J connectivity index is 1.83. The summed E-state index contributed by atoms with van der Waals surface area (Å²) in [6, 6.07) is 2.02. The lowest BCUT2D eigenvalue weighted by molar-refractivity contribution is -0.119. The first kappa shape index (κ1) is 13.5. The number of amides is 1. The van der Waals surface area contributed by atoms with Gasteiger partial charge in [-0.1, -0.05) is 0 Å². The zero-order valence-electron chi connectivity index (χ0n) is 11.0. The van der Waals surface area contributed by atoms with E-state index < -0.39 is 0 Å². The quantitative estimate of drug-likeness (QED) is 0.769. The van der Waals surface area contributed by atoms with Crippen molar-refractivity contribution in [2.45, 2.75) is 18.9 Å². The van der Waals surface area contributed by atoms with Crippen molar-refractivity contribution in [3.8, 4) is 5.88 Å². The lowest BCUT2D eigenvalue weighted by Gasteiger charge is -2.31. The molecule has 1 aliphatic heterocycles. The van der Waals surface area contributed by atoms with Gasteiger partial charge in [0.15, 0.2) is 0 Å². The standard InChI is InChI=1S/C12H19N5O2/c1-19-11-2-5-14-12(16-11)15-9-3-6-17(7-4-9)8-10(13)18/h2,5,9H,3-4,6-8H2,1H3,(H2,13,18)(H,14,15,16). The highest BCUT2D eigenvalue weighted by Gasteiger charge is 2.20. The molecule has 0 bridgehead atoms. The van der Waals surface area contributed by atoms with E-state index in [0.717, 1.165) is 25.9 Å². The fraction of sp³-hybridized carbons (Fsp3) is 0.583. The van der Waals surface area contributed by atoms with Crippen molar-refractivity contribution in [3.05, 3.63) is 12.3 Å². The molecule has 1 aromatic heterocycles. The third-order valence-corrected chi connectivity index (χ3v) is 3.14. The van der Waals surface area contributed by atoms with E-state index in [2.05, 4.69) is 20.2 Å². The predicted molar refractivity (Wildman–Crippen MR) is 70.9 cm³/mol. The first-order valence-corrected chi connectivity index (χ1v) is 6.31. The highest BCUT2D eigenvalue weighted by atomic mass is 16.5. The fourth-order valence-corrected chi connectivity index (χ4v) is 2.16. The lowest BCUT2D eigenvalue weighted by Crippen LogP contribution is -2.43. The maximum atomic E-state index is 10.8. The average Bonchev–Trinajstić information content (AvgIpc) is 2.41. The molecule has 0 spiro atoms. The molecule has 0 aromatic carbocycles. The van der Waals surface area contributed by atoms with Crippen LogP contribution in [0.25, 0.3) is 0 Å². The molecule has 1 fully saturated rings. The van der Waals surface area contributed by atoms with Crippen LogP contribution in [-0.2, 0) is 4.79 Å². The summed E-state index contributed by atoms with van der Waals surface area (Å²) in [7, 11) is 1.58. The van der Waals surface area contributed by atoms with Gasteiger partial charge in [0.2, 0.25) is 17.7 Å². The van der Waals surface area contributed by atoms with Crippen LogP contribution < -0.4 is 15.8 Å². The highest BCUT2D eigenvalue weighted by molar-refractivity contribution is 5.75. The van der Waals surface area contributed by atoms with Crippen LogP contribution in [0.3, 0.4) is 0 Å². The fourth-order valence-electron chi connectivity index (χ4n) is 2.16. The smallest absolute Gasteiger partial charge is 0.231 e. The maximum absolute atomic E-state index is 10.8. The molecule has 1 saturated heterocycles. The second-order valence-corrected chi connectivity index (χ2v) is 4.58. The van der Waals surface area contributed by atoms with Crippen LogP contribution in [0.1, 0.15) is 12.8 Å². The molecular weight excluding hydrogens is 246 g/mol. The van der Waals surface area contributed by atoms with Crippen LogP contribution in [0, 0.1) is 0 Å². The largest absolute Gasteiger partial charge is 0.481 e. The summed E-state index contributed by atoms with van der Waals surface area (Å²) in [5, 5.41) is 3.28. The van der Waals surface area contributed by atoms with Crippen LogP contribution >= 0.6 is 0 Å². The van der Waals surface area contributed by atoms with Crippen molar-refractivity contribution in [1.82, 2.24) is 14.9 Å². The van der Waals surface area contributed by atoms with E-state index in [1.165, 1.54) is 0 Å². The van der Waals surface area contributed by atoms with Gasteiger partial charge in [0, 0.05) is 31.4 Å².